The van der Waals surface area contributed by atoms with Gasteiger partial charge in [-0.25, -0.2) is 9.67 Å². The molecule has 0 atom stereocenters. The van der Waals surface area contributed by atoms with Crippen molar-refractivity contribution in [2.75, 3.05) is 5.32 Å². The summed E-state index contributed by atoms with van der Waals surface area (Å²) in [5, 5.41) is 7.29. The molecule has 0 radical (unpaired) electrons. The van der Waals surface area contributed by atoms with Crippen LogP contribution in [0, 0.1) is 20.8 Å². The van der Waals surface area contributed by atoms with E-state index in [0.29, 0.717) is 11.4 Å². The minimum Gasteiger partial charge on any atom is -0.307 e. The number of benzene rings is 1. The first-order valence-corrected chi connectivity index (χ1v) is 8.31. The number of anilines is 1. The molecule has 0 unspecified atom stereocenters. The lowest BCUT2D eigenvalue weighted by atomic mass is 10.2. The first-order chi connectivity index (χ1) is 11.5. The molecule has 0 aliphatic carbocycles. The standard InChI is InChI=1S/C18H17BrN4O/c1-11-8-9-20-16(10-11)21-18(24)14-4-6-15(7-5-14)23-13(3)17(19)12(2)22-23/h4-10H,1-3H3,(H,20,21,24). The lowest BCUT2D eigenvalue weighted by Gasteiger charge is -2.07. The summed E-state index contributed by atoms with van der Waals surface area (Å²) in [6.07, 6.45) is 1.68. The van der Waals surface area contributed by atoms with Crippen LogP contribution in [0.1, 0.15) is 27.3 Å². The molecule has 0 fully saturated rings. The van der Waals surface area contributed by atoms with Crippen LogP contribution in [-0.4, -0.2) is 20.7 Å². The number of carbonyl (C=O) groups is 1. The van der Waals surface area contributed by atoms with E-state index < -0.39 is 0 Å². The van der Waals surface area contributed by atoms with Gasteiger partial charge in [0.25, 0.3) is 5.91 Å². The average molecular weight is 385 g/mol. The maximum absolute atomic E-state index is 12.3. The van der Waals surface area contributed by atoms with E-state index >= 15 is 0 Å². The van der Waals surface area contributed by atoms with Gasteiger partial charge < -0.3 is 5.32 Å². The van der Waals surface area contributed by atoms with Gasteiger partial charge in [0.2, 0.25) is 0 Å². The minimum absolute atomic E-state index is 0.186. The van der Waals surface area contributed by atoms with Gasteiger partial charge in [-0.05, 0) is 78.7 Å². The van der Waals surface area contributed by atoms with Gasteiger partial charge >= 0.3 is 0 Å². The van der Waals surface area contributed by atoms with E-state index in [0.717, 1.165) is 27.1 Å². The zero-order chi connectivity index (χ0) is 17.3. The van der Waals surface area contributed by atoms with Crippen LogP contribution in [0.2, 0.25) is 0 Å². The third-order valence-corrected chi connectivity index (χ3v) is 4.88. The van der Waals surface area contributed by atoms with E-state index in [9.17, 15) is 4.79 Å². The number of hydrogen-bond donors (Lipinski definition) is 1. The highest BCUT2D eigenvalue weighted by molar-refractivity contribution is 9.10. The maximum Gasteiger partial charge on any atom is 0.256 e. The van der Waals surface area contributed by atoms with Gasteiger partial charge in [0.15, 0.2) is 0 Å². The predicted octanol–water partition coefficient (Wildman–Crippen LogP) is 4.21. The van der Waals surface area contributed by atoms with Crippen LogP contribution in [0.4, 0.5) is 5.82 Å². The smallest absolute Gasteiger partial charge is 0.256 e. The monoisotopic (exact) mass is 384 g/mol. The number of aromatic nitrogens is 3. The molecule has 24 heavy (non-hydrogen) atoms. The lowest BCUT2D eigenvalue weighted by Crippen LogP contribution is -2.13. The SMILES string of the molecule is Cc1ccnc(NC(=O)c2ccc(-n3nc(C)c(Br)c3C)cc2)c1. The fourth-order valence-corrected chi connectivity index (χ4v) is 2.67. The second-order valence-corrected chi connectivity index (χ2v) is 6.41. The Balaban J connectivity index is 1.81. The fourth-order valence-electron chi connectivity index (χ4n) is 2.42. The van der Waals surface area contributed by atoms with Crippen molar-refractivity contribution in [2.45, 2.75) is 20.8 Å². The van der Waals surface area contributed by atoms with Gasteiger partial charge in [-0.1, -0.05) is 0 Å². The van der Waals surface area contributed by atoms with Gasteiger partial charge in [0, 0.05) is 11.8 Å². The summed E-state index contributed by atoms with van der Waals surface area (Å²) in [4.78, 5) is 16.5. The highest BCUT2D eigenvalue weighted by Gasteiger charge is 2.11. The van der Waals surface area contributed by atoms with Crippen molar-refractivity contribution in [3.8, 4) is 5.69 Å². The molecule has 1 aromatic carbocycles. The fraction of sp³-hybridized carbons (Fsp3) is 0.167. The number of halogens is 1. The van der Waals surface area contributed by atoms with Crippen LogP contribution < -0.4 is 5.32 Å². The lowest BCUT2D eigenvalue weighted by molar-refractivity contribution is 0.102. The molecule has 0 saturated carbocycles. The van der Waals surface area contributed by atoms with Gasteiger partial charge in [-0.15, -0.1) is 0 Å². The molecule has 6 heteroatoms. The summed E-state index contributed by atoms with van der Waals surface area (Å²) in [5.41, 5.74) is 4.48. The average Bonchev–Trinajstić information content (AvgIpc) is 2.82. The Labute approximate surface area is 148 Å². The number of nitrogens with one attached hydrogen (secondary N) is 1. The summed E-state index contributed by atoms with van der Waals surface area (Å²) in [7, 11) is 0. The topological polar surface area (TPSA) is 59.8 Å². The number of pyridine rings is 1. The van der Waals surface area contributed by atoms with Crippen molar-refractivity contribution >= 4 is 27.7 Å². The molecular formula is C18H17BrN4O. The Bertz CT molecular complexity index is 900. The van der Waals surface area contributed by atoms with E-state index in [1.54, 1.807) is 18.3 Å². The molecule has 3 aromatic rings. The molecule has 2 heterocycles. The Morgan fingerprint density at radius 1 is 1.12 bits per heavy atom. The molecule has 1 amide bonds. The Morgan fingerprint density at radius 2 is 1.83 bits per heavy atom. The van der Waals surface area contributed by atoms with E-state index in [2.05, 4.69) is 31.3 Å². The van der Waals surface area contributed by atoms with Gasteiger partial charge in [-0.3, -0.25) is 4.79 Å². The van der Waals surface area contributed by atoms with Crippen molar-refractivity contribution < 1.29 is 4.79 Å². The minimum atomic E-state index is -0.186. The molecule has 3 rings (SSSR count). The van der Waals surface area contributed by atoms with Crippen LogP contribution in [0.25, 0.3) is 5.69 Å². The van der Waals surface area contributed by atoms with E-state index in [1.807, 2.05) is 49.7 Å². The summed E-state index contributed by atoms with van der Waals surface area (Å²) in [6.45, 7) is 5.90. The van der Waals surface area contributed by atoms with Crippen molar-refractivity contribution in [3.63, 3.8) is 0 Å². The highest BCUT2D eigenvalue weighted by atomic mass is 79.9. The Kier molecular flexibility index (Phi) is 4.49. The molecule has 0 aliphatic rings. The Hall–Kier alpha value is -2.47. The molecule has 0 saturated heterocycles. The van der Waals surface area contributed by atoms with Crippen LogP contribution in [-0.2, 0) is 0 Å². The number of amides is 1. The number of rotatable bonds is 3. The normalized spacial score (nSPS) is 10.7. The van der Waals surface area contributed by atoms with Crippen LogP contribution in [0.5, 0.6) is 0 Å². The van der Waals surface area contributed by atoms with Gasteiger partial charge in [-0.2, -0.15) is 5.10 Å². The second kappa shape index (κ2) is 6.57. The van der Waals surface area contributed by atoms with Crippen molar-refractivity contribution in [1.82, 2.24) is 14.8 Å². The predicted molar refractivity (Wildman–Crippen MR) is 97.7 cm³/mol. The second-order valence-electron chi connectivity index (χ2n) is 5.62. The first kappa shape index (κ1) is 16.4. The van der Waals surface area contributed by atoms with Gasteiger partial charge in [0.1, 0.15) is 5.82 Å². The largest absolute Gasteiger partial charge is 0.307 e. The third-order valence-electron chi connectivity index (χ3n) is 3.73. The van der Waals surface area contributed by atoms with Gasteiger partial charge in [0.05, 0.1) is 21.5 Å². The van der Waals surface area contributed by atoms with Crippen LogP contribution >= 0.6 is 15.9 Å². The molecule has 0 bridgehead atoms. The number of carbonyl (C=O) groups excluding carboxylic acids is 1. The van der Waals surface area contributed by atoms with E-state index in [4.69, 9.17) is 0 Å². The molecule has 2 aromatic heterocycles. The molecule has 0 spiro atoms. The molecule has 1 N–H and O–H groups in total. The van der Waals surface area contributed by atoms with Crippen LogP contribution in [0.15, 0.2) is 47.1 Å². The van der Waals surface area contributed by atoms with Crippen molar-refractivity contribution in [1.29, 1.82) is 0 Å². The summed E-state index contributed by atoms with van der Waals surface area (Å²) >= 11 is 3.52. The summed E-state index contributed by atoms with van der Waals surface area (Å²) in [6, 6.07) is 11.0. The summed E-state index contributed by atoms with van der Waals surface area (Å²) in [5.74, 6) is 0.362. The Morgan fingerprint density at radius 3 is 2.42 bits per heavy atom. The van der Waals surface area contributed by atoms with Crippen molar-refractivity contribution in [3.05, 3.63) is 69.6 Å². The highest BCUT2D eigenvalue weighted by Crippen LogP contribution is 2.23. The van der Waals surface area contributed by atoms with Crippen molar-refractivity contribution in [2.24, 2.45) is 0 Å². The zero-order valence-corrected chi connectivity index (χ0v) is 15.3. The molecular weight excluding hydrogens is 368 g/mol. The molecule has 122 valence electrons. The number of nitrogens with zero attached hydrogens (tertiary/aromatic N) is 3. The quantitative estimate of drug-likeness (QED) is 0.735. The van der Waals surface area contributed by atoms with E-state index in [-0.39, 0.29) is 5.91 Å². The maximum atomic E-state index is 12.3. The summed E-state index contributed by atoms with van der Waals surface area (Å²) < 4.78 is 2.85. The third kappa shape index (κ3) is 3.23. The zero-order valence-electron chi connectivity index (χ0n) is 13.7. The first-order valence-electron chi connectivity index (χ1n) is 7.52. The molecule has 5 nitrogen and oxygen atoms in total. The van der Waals surface area contributed by atoms with E-state index in [1.165, 1.54) is 0 Å². The number of hydrogen-bond acceptors (Lipinski definition) is 3. The number of aryl methyl sites for hydroxylation is 2. The van der Waals surface area contributed by atoms with Crippen LogP contribution in [0.3, 0.4) is 0 Å². The molecule has 0 aliphatic heterocycles.